The van der Waals surface area contributed by atoms with Gasteiger partial charge in [-0.3, -0.25) is 18.8 Å². The predicted molar refractivity (Wildman–Crippen MR) is 160 cm³/mol. The monoisotopic (exact) mass is 588 g/mol. The Morgan fingerprint density at radius 1 is 1.14 bits per heavy atom. The van der Waals surface area contributed by atoms with Crippen LogP contribution in [-0.4, -0.2) is 88.3 Å². The number of fused-ring (bicyclic) bond motifs is 2. The molecule has 12 nitrogen and oxygen atoms in total. The van der Waals surface area contributed by atoms with Crippen LogP contribution in [0.4, 0.5) is 21.6 Å². The summed E-state index contributed by atoms with van der Waals surface area (Å²) in [5, 5.41) is 13.2. The number of hydrogen-bond acceptors (Lipinski definition) is 8. The Kier molecular flexibility index (Phi) is 8.53. The van der Waals surface area contributed by atoms with E-state index in [2.05, 4.69) is 25.4 Å². The molecule has 0 spiro atoms. The number of pyridine rings is 2. The molecule has 2 aliphatic heterocycles. The van der Waals surface area contributed by atoms with Crippen LogP contribution in [0.25, 0.3) is 16.9 Å². The van der Waals surface area contributed by atoms with Crippen LogP contribution in [0.1, 0.15) is 28.0 Å². The molecular weight excluding hydrogens is 555 g/mol. The van der Waals surface area contributed by atoms with Gasteiger partial charge in [0.25, 0.3) is 12.4 Å². The van der Waals surface area contributed by atoms with Gasteiger partial charge in [-0.25, -0.2) is 14.4 Å². The quantitative estimate of drug-likeness (QED) is 0.291. The normalized spacial score (nSPS) is 14.7. The molecule has 0 saturated carbocycles. The van der Waals surface area contributed by atoms with Gasteiger partial charge in [0, 0.05) is 64.0 Å². The number of benzene rings is 1. The number of imidazole rings is 1. The maximum absolute atomic E-state index is 13.7. The van der Waals surface area contributed by atoms with E-state index in [0.29, 0.717) is 55.3 Å². The number of amides is 2. The fourth-order valence-electron chi connectivity index (χ4n) is 5.42. The molecule has 3 aromatic heterocycles. The van der Waals surface area contributed by atoms with Crippen LogP contribution < -0.4 is 15.5 Å². The molecule has 1 saturated heterocycles. The standard InChI is InChI=1S/C29H31FN8O2.CH2O2/c1-35(2)17-22-23(37-10-9-27(39)36(3)12-13-37)6-7-25(34-22)33-21-5-4-19(20-15-32-29(40)28(20)21)24-16-31-26-14-18(30)8-11-38(24)26;2-1-3/h4-8,11,14,16H,9-10,12-13,15,17H2,1-3H3,(H,32,40)(H,33,34);1H,(H,2,3). The van der Waals surface area contributed by atoms with Crippen molar-refractivity contribution in [2.75, 3.05) is 51.0 Å². The van der Waals surface area contributed by atoms with Crippen molar-refractivity contribution in [2.45, 2.75) is 19.5 Å². The Hall–Kier alpha value is -5.04. The number of rotatable bonds is 6. The van der Waals surface area contributed by atoms with Gasteiger partial charge in [-0.1, -0.05) is 6.07 Å². The second kappa shape index (κ2) is 12.4. The van der Waals surface area contributed by atoms with Gasteiger partial charge in [0.1, 0.15) is 17.3 Å². The van der Waals surface area contributed by atoms with E-state index in [4.69, 9.17) is 14.9 Å². The topological polar surface area (TPSA) is 135 Å². The largest absolute Gasteiger partial charge is 0.483 e. The lowest BCUT2D eigenvalue weighted by Crippen LogP contribution is -2.31. The Morgan fingerprint density at radius 2 is 1.93 bits per heavy atom. The van der Waals surface area contributed by atoms with Crippen LogP contribution in [0.15, 0.2) is 48.8 Å². The lowest BCUT2D eigenvalue weighted by Gasteiger charge is -2.26. The van der Waals surface area contributed by atoms with E-state index in [1.807, 2.05) is 49.8 Å². The first-order valence-corrected chi connectivity index (χ1v) is 13.8. The number of halogens is 1. The molecule has 1 aromatic carbocycles. The summed E-state index contributed by atoms with van der Waals surface area (Å²) in [6.07, 6.45) is 3.81. The second-order valence-electron chi connectivity index (χ2n) is 10.6. The van der Waals surface area contributed by atoms with Crippen LogP contribution in [-0.2, 0) is 22.7 Å². The zero-order chi connectivity index (χ0) is 30.7. The number of anilines is 3. The highest BCUT2D eigenvalue weighted by atomic mass is 19.1. The first-order valence-electron chi connectivity index (χ1n) is 13.8. The van der Waals surface area contributed by atoms with E-state index in [1.54, 1.807) is 17.3 Å². The minimum Gasteiger partial charge on any atom is -0.483 e. The SMILES string of the molecule is CN(C)Cc1nc(Nc2ccc(-c3cnc4cc(F)ccn34)c3c2C(=O)NC3)ccc1N1CCC(=O)N(C)CC1.O=CO. The summed E-state index contributed by atoms with van der Waals surface area (Å²) in [6.45, 7) is 2.80. The molecule has 0 bridgehead atoms. The van der Waals surface area contributed by atoms with Crippen LogP contribution in [0.5, 0.6) is 0 Å². The van der Waals surface area contributed by atoms with Crippen LogP contribution in [0.2, 0.25) is 0 Å². The number of aromatic nitrogens is 3. The zero-order valence-electron chi connectivity index (χ0n) is 24.2. The van der Waals surface area contributed by atoms with E-state index < -0.39 is 0 Å². The number of likely N-dealkylation sites (N-methyl/N-ethyl adjacent to an activating group) is 1. The summed E-state index contributed by atoms with van der Waals surface area (Å²) in [6, 6.07) is 10.5. The molecule has 224 valence electrons. The molecule has 0 unspecified atom stereocenters. The minimum atomic E-state index is -0.352. The van der Waals surface area contributed by atoms with Crippen molar-refractivity contribution in [3.05, 3.63) is 71.4 Å². The average Bonchev–Trinajstić information content (AvgIpc) is 3.52. The molecule has 6 rings (SSSR count). The van der Waals surface area contributed by atoms with Crippen molar-refractivity contribution >= 4 is 41.1 Å². The highest BCUT2D eigenvalue weighted by Crippen LogP contribution is 2.36. The van der Waals surface area contributed by atoms with Crippen molar-refractivity contribution in [3.8, 4) is 11.3 Å². The van der Waals surface area contributed by atoms with Gasteiger partial charge in [0.2, 0.25) is 5.91 Å². The van der Waals surface area contributed by atoms with Gasteiger partial charge in [0.15, 0.2) is 0 Å². The molecule has 0 aliphatic carbocycles. The predicted octanol–water partition coefficient (Wildman–Crippen LogP) is 2.95. The third-order valence-electron chi connectivity index (χ3n) is 7.46. The molecule has 13 heteroatoms. The van der Waals surface area contributed by atoms with Gasteiger partial charge >= 0.3 is 0 Å². The molecule has 3 N–H and O–H groups in total. The second-order valence-corrected chi connectivity index (χ2v) is 10.6. The molecule has 43 heavy (non-hydrogen) atoms. The smallest absolute Gasteiger partial charge is 0.290 e. The first-order chi connectivity index (χ1) is 20.7. The third kappa shape index (κ3) is 6.11. The number of carboxylic acid groups (broad SMARTS) is 1. The van der Waals surface area contributed by atoms with Crippen molar-refractivity contribution in [1.29, 1.82) is 0 Å². The van der Waals surface area contributed by atoms with Crippen molar-refractivity contribution in [1.82, 2.24) is 29.5 Å². The van der Waals surface area contributed by atoms with E-state index in [0.717, 1.165) is 34.7 Å². The van der Waals surface area contributed by atoms with Gasteiger partial charge in [-0.15, -0.1) is 0 Å². The summed E-state index contributed by atoms with van der Waals surface area (Å²) in [5.41, 5.74) is 6.11. The highest BCUT2D eigenvalue weighted by molar-refractivity contribution is 6.06. The number of carbonyl (C=O) groups excluding carboxylic acids is 2. The maximum Gasteiger partial charge on any atom is 0.290 e. The number of nitrogens with one attached hydrogen (secondary N) is 2. The molecule has 5 heterocycles. The first kappa shape index (κ1) is 29.5. The van der Waals surface area contributed by atoms with E-state index in [-0.39, 0.29) is 24.1 Å². The number of hydrogen-bond donors (Lipinski definition) is 3. The molecule has 1 fully saturated rings. The van der Waals surface area contributed by atoms with Gasteiger partial charge in [-0.05, 0) is 43.9 Å². The summed E-state index contributed by atoms with van der Waals surface area (Å²) in [5.74, 6) is 0.260. The van der Waals surface area contributed by atoms with E-state index in [9.17, 15) is 14.0 Å². The third-order valence-corrected chi connectivity index (χ3v) is 7.46. The Bertz CT molecular complexity index is 1690. The molecule has 0 radical (unpaired) electrons. The zero-order valence-corrected chi connectivity index (χ0v) is 24.2. The Morgan fingerprint density at radius 3 is 2.70 bits per heavy atom. The van der Waals surface area contributed by atoms with E-state index >= 15 is 0 Å². The number of carbonyl (C=O) groups is 3. The summed E-state index contributed by atoms with van der Waals surface area (Å²) in [4.78, 5) is 48.9. The van der Waals surface area contributed by atoms with Crippen molar-refractivity contribution in [3.63, 3.8) is 0 Å². The Labute approximate surface area is 247 Å². The maximum atomic E-state index is 13.7. The van der Waals surface area contributed by atoms with Gasteiger partial charge in [-0.2, -0.15) is 0 Å². The lowest BCUT2D eigenvalue weighted by molar-refractivity contribution is -0.129. The molecule has 2 amide bonds. The molecule has 0 atom stereocenters. The van der Waals surface area contributed by atoms with Gasteiger partial charge in [0.05, 0.1) is 34.5 Å². The fourth-order valence-corrected chi connectivity index (χ4v) is 5.42. The summed E-state index contributed by atoms with van der Waals surface area (Å²) >= 11 is 0. The van der Waals surface area contributed by atoms with Crippen LogP contribution in [0.3, 0.4) is 0 Å². The van der Waals surface area contributed by atoms with Crippen molar-refractivity contribution < 1.29 is 23.9 Å². The summed E-state index contributed by atoms with van der Waals surface area (Å²) < 4.78 is 15.5. The lowest BCUT2D eigenvalue weighted by atomic mass is 9.99. The fraction of sp³-hybridized carbons (Fsp3) is 0.300. The molecular formula is C30H33FN8O4. The minimum absolute atomic E-state index is 0.148. The Balaban J connectivity index is 0.00000118. The average molecular weight is 589 g/mol. The van der Waals surface area contributed by atoms with E-state index in [1.165, 1.54) is 12.1 Å². The highest BCUT2D eigenvalue weighted by Gasteiger charge is 2.28. The van der Waals surface area contributed by atoms with Crippen molar-refractivity contribution in [2.24, 2.45) is 0 Å². The van der Waals surface area contributed by atoms with Crippen LogP contribution in [0, 0.1) is 5.82 Å². The number of nitrogens with zero attached hydrogens (tertiary/aromatic N) is 6. The molecule has 2 aliphatic rings. The summed E-state index contributed by atoms with van der Waals surface area (Å²) in [7, 11) is 5.83. The van der Waals surface area contributed by atoms with Crippen LogP contribution >= 0.6 is 0 Å². The van der Waals surface area contributed by atoms with Gasteiger partial charge < -0.3 is 30.4 Å². The molecule has 4 aromatic rings.